The number of para-hydroxylation sites is 1. The Labute approximate surface area is 174 Å². The molecule has 2 N–H and O–H groups in total. The van der Waals surface area contributed by atoms with E-state index in [2.05, 4.69) is 14.7 Å². The second-order valence-electron chi connectivity index (χ2n) is 7.94. The number of sulfonamides is 1. The van der Waals surface area contributed by atoms with Crippen molar-refractivity contribution in [3.8, 4) is 0 Å². The predicted molar refractivity (Wildman–Crippen MR) is 113 cm³/mol. The van der Waals surface area contributed by atoms with E-state index in [9.17, 15) is 18.0 Å². The van der Waals surface area contributed by atoms with Gasteiger partial charge in [-0.1, -0.05) is 12.1 Å². The molecule has 0 radical (unpaired) electrons. The van der Waals surface area contributed by atoms with Crippen LogP contribution in [0.25, 0.3) is 10.9 Å². The van der Waals surface area contributed by atoms with Crippen molar-refractivity contribution in [1.29, 1.82) is 0 Å². The molecule has 0 aliphatic rings. The van der Waals surface area contributed by atoms with Gasteiger partial charge in [-0.15, -0.1) is 0 Å². The lowest BCUT2D eigenvalue weighted by Crippen LogP contribution is -2.40. The van der Waals surface area contributed by atoms with Gasteiger partial charge in [0, 0.05) is 5.54 Å². The summed E-state index contributed by atoms with van der Waals surface area (Å²) in [7, 11) is -3.70. The number of hydrogen-bond donors (Lipinski definition) is 2. The number of aryl methyl sites for hydroxylation is 1. The van der Waals surface area contributed by atoms with Crippen LogP contribution in [0, 0.1) is 6.92 Å². The Morgan fingerprint density at radius 1 is 1.13 bits per heavy atom. The molecule has 30 heavy (non-hydrogen) atoms. The molecule has 158 valence electrons. The monoisotopic (exact) mass is 429 g/mol. The van der Waals surface area contributed by atoms with Crippen LogP contribution in [0.1, 0.15) is 42.5 Å². The number of rotatable bonds is 5. The van der Waals surface area contributed by atoms with Gasteiger partial charge in [0.25, 0.3) is 5.56 Å². The fourth-order valence-corrected chi connectivity index (χ4v) is 4.29. The molecule has 1 aromatic heterocycles. The molecule has 2 aromatic carbocycles. The molecule has 0 amide bonds. The number of carbonyl (C=O) groups excluding carboxylic acids is 1. The zero-order valence-electron chi connectivity index (χ0n) is 17.1. The lowest BCUT2D eigenvalue weighted by molar-refractivity contribution is 0.0462. The third-order valence-corrected chi connectivity index (χ3v) is 5.94. The Balaban J connectivity index is 1.74. The summed E-state index contributed by atoms with van der Waals surface area (Å²) in [6.07, 6.45) is 0. The molecule has 0 saturated carbocycles. The van der Waals surface area contributed by atoms with E-state index in [1.165, 1.54) is 24.3 Å². The number of aromatic amines is 1. The summed E-state index contributed by atoms with van der Waals surface area (Å²) in [6, 6.07) is 10.7. The lowest BCUT2D eigenvalue weighted by atomic mass is 10.1. The van der Waals surface area contributed by atoms with E-state index in [0.29, 0.717) is 10.9 Å². The van der Waals surface area contributed by atoms with Crippen molar-refractivity contribution in [2.75, 3.05) is 0 Å². The summed E-state index contributed by atoms with van der Waals surface area (Å²) in [5, 5.41) is 0.464. The number of esters is 1. The molecular weight excluding hydrogens is 406 g/mol. The summed E-state index contributed by atoms with van der Waals surface area (Å²) in [5.41, 5.74) is 0.637. The van der Waals surface area contributed by atoms with Crippen molar-refractivity contribution in [2.24, 2.45) is 0 Å². The van der Waals surface area contributed by atoms with Gasteiger partial charge in [0.15, 0.2) is 0 Å². The molecular formula is C21H23N3O5S. The number of ether oxygens (including phenoxy) is 1. The molecule has 0 aliphatic carbocycles. The van der Waals surface area contributed by atoms with Crippen LogP contribution < -0.4 is 10.3 Å². The van der Waals surface area contributed by atoms with Crippen molar-refractivity contribution < 1.29 is 17.9 Å². The average molecular weight is 429 g/mol. The normalized spacial score (nSPS) is 12.1. The number of benzene rings is 2. The minimum Gasteiger partial charge on any atom is -0.454 e. The standard InChI is InChI=1S/C21H23N3O5S/c1-13-6-5-7-16-18(13)22-17(23-19(16)25)12-29-20(26)14-8-10-15(11-9-14)30(27,28)24-21(2,3)4/h5-11,24H,12H2,1-4H3,(H,22,23,25). The van der Waals surface area contributed by atoms with Crippen LogP contribution in [-0.4, -0.2) is 29.9 Å². The average Bonchev–Trinajstić information content (AvgIpc) is 2.65. The molecule has 8 nitrogen and oxygen atoms in total. The van der Waals surface area contributed by atoms with Crippen LogP contribution in [0.5, 0.6) is 0 Å². The summed E-state index contributed by atoms with van der Waals surface area (Å²) in [4.78, 5) is 31.5. The van der Waals surface area contributed by atoms with Gasteiger partial charge >= 0.3 is 5.97 Å². The second-order valence-corrected chi connectivity index (χ2v) is 9.62. The van der Waals surface area contributed by atoms with Gasteiger partial charge in [-0.25, -0.2) is 22.9 Å². The molecule has 3 aromatic rings. The Bertz CT molecular complexity index is 1260. The van der Waals surface area contributed by atoms with Gasteiger partial charge in [-0.3, -0.25) is 4.79 Å². The van der Waals surface area contributed by atoms with Crippen molar-refractivity contribution in [3.05, 3.63) is 69.8 Å². The van der Waals surface area contributed by atoms with Gasteiger partial charge in [0.2, 0.25) is 10.0 Å². The van der Waals surface area contributed by atoms with Gasteiger partial charge < -0.3 is 9.72 Å². The lowest BCUT2D eigenvalue weighted by Gasteiger charge is -2.20. The molecule has 9 heteroatoms. The fourth-order valence-electron chi connectivity index (χ4n) is 2.87. The van der Waals surface area contributed by atoms with Gasteiger partial charge in [-0.2, -0.15) is 0 Å². The summed E-state index contributed by atoms with van der Waals surface area (Å²) in [5.74, 6) is -0.431. The summed E-state index contributed by atoms with van der Waals surface area (Å²) < 4.78 is 32.4. The largest absolute Gasteiger partial charge is 0.454 e. The Morgan fingerprint density at radius 2 is 1.80 bits per heavy atom. The number of fused-ring (bicyclic) bond motifs is 1. The summed E-state index contributed by atoms with van der Waals surface area (Å²) in [6.45, 7) is 6.84. The Kier molecular flexibility index (Phi) is 5.78. The first-order chi connectivity index (χ1) is 14.0. The Morgan fingerprint density at radius 3 is 2.43 bits per heavy atom. The van der Waals surface area contributed by atoms with Crippen LogP contribution in [0.15, 0.2) is 52.2 Å². The molecule has 0 fully saturated rings. The van der Waals surface area contributed by atoms with E-state index in [-0.39, 0.29) is 28.4 Å². The fraction of sp³-hybridized carbons (Fsp3) is 0.286. The van der Waals surface area contributed by atoms with E-state index < -0.39 is 21.5 Å². The maximum atomic E-state index is 12.3. The SMILES string of the molecule is Cc1cccc2c(=O)[nH]c(COC(=O)c3ccc(S(=O)(=O)NC(C)(C)C)cc3)nc12. The third kappa shape index (κ3) is 4.92. The number of carbonyl (C=O) groups is 1. The van der Waals surface area contributed by atoms with E-state index in [0.717, 1.165) is 5.56 Å². The smallest absolute Gasteiger partial charge is 0.338 e. The molecule has 0 bridgehead atoms. The zero-order valence-corrected chi connectivity index (χ0v) is 18.0. The highest BCUT2D eigenvalue weighted by Gasteiger charge is 2.22. The number of nitrogens with zero attached hydrogens (tertiary/aromatic N) is 1. The van der Waals surface area contributed by atoms with Crippen molar-refractivity contribution in [3.63, 3.8) is 0 Å². The molecule has 3 rings (SSSR count). The molecule has 0 atom stereocenters. The van der Waals surface area contributed by atoms with Gasteiger partial charge in [-0.05, 0) is 63.6 Å². The first-order valence-electron chi connectivity index (χ1n) is 9.26. The first-order valence-corrected chi connectivity index (χ1v) is 10.7. The number of aromatic nitrogens is 2. The third-order valence-electron chi connectivity index (χ3n) is 4.17. The topological polar surface area (TPSA) is 118 Å². The van der Waals surface area contributed by atoms with Crippen LogP contribution in [-0.2, 0) is 21.4 Å². The second kappa shape index (κ2) is 8.00. The van der Waals surface area contributed by atoms with Crippen LogP contribution in [0.4, 0.5) is 0 Å². The highest BCUT2D eigenvalue weighted by atomic mass is 32.2. The van der Waals surface area contributed by atoms with E-state index in [1.807, 2.05) is 13.0 Å². The number of nitrogens with one attached hydrogen (secondary N) is 2. The number of H-pyrrole nitrogens is 1. The minimum absolute atomic E-state index is 0.0463. The van der Waals surface area contributed by atoms with Gasteiger partial charge in [0.05, 0.1) is 21.4 Å². The van der Waals surface area contributed by atoms with Crippen molar-refractivity contribution in [1.82, 2.24) is 14.7 Å². The van der Waals surface area contributed by atoms with E-state index in [1.54, 1.807) is 32.9 Å². The molecule has 0 spiro atoms. The molecule has 0 aliphatic heterocycles. The van der Waals surface area contributed by atoms with Crippen LogP contribution in [0.3, 0.4) is 0 Å². The zero-order chi connectivity index (χ0) is 22.1. The Hall–Kier alpha value is -3.04. The maximum absolute atomic E-state index is 12.3. The van der Waals surface area contributed by atoms with Crippen LogP contribution in [0.2, 0.25) is 0 Å². The predicted octanol–water partition coefficient (Wildman–Crippen LogP) is 2.67. The van der Waals surface area contributed by atoms with Crippen molar-refractivity contribution >= 4 is 26.9 Å². The van der Waals surface area contributed by atoms with Crippen molar-refractivity contribution in [2.45, 2.75) is 44.7 Å². The summed E-state index contributed by atoms with van der Waals surface area (Å²) >= 11 is 0. The molecule has 0 unspecified atom stereocenters. The highest BCUT2D eigenvalue weighted by Crippen LogP contribution is 2.15. The quantitative estimate of drug-likeness (QED) is 0.602. The van der Waals surface area contributed by atoms with E-state index in [4.69, 9.17) is 4.74 Å². The highest BCUT2D eigenvalue weighted by molar-refractivity contribution is 7.89. The minimum atomic E-state index is -3.70. The molecule has 0 saturated heterocycles. The number of hydrogen-bond acceptors (Lipinski definition) is 6. The maximum Gasteiger partial charge on any atom is 0.338 e. The van der Waals surface area contributed by atoms with E-state index >= 15 is 0 Å². The first kappa shape index (κ1) is 21.7. The molecule has 1 heterocycles. The van der Waals surface area contributed by atoms with Crippen LogP contribution >= 0.6 is 0 Å². The van der Waals surface area contributed by atoms with Gasteiger partial charge in [0.1, 0.15) is 12.4 Å².